The van der Waals surface area contributed by atoms with E-state index in [1.165, 1.54) is 0 Å². The second-order valence-corrected chi connectivity index (χ2v) is 4.67. The number of phenolic OH excluding ortho intramolecular Hbond substituents is 1. The van der Waals surface area contributed by atoms with Crippen molar-refractivity contribution in [1.29, 1.82) is 0 Å². The standard InChI is InChI=1S/C14H15ClN2O/c1-9-6-14(15)16-8-13(9)17-10(2)11-4-3-5-12(18)7-11/h3-8,10,17-18H,1-2H3. The summed E-state index contributed by atoms with van der Waals surface area (Å²) in [5, 5.41) is 13.3. The molecule has 0 bridgehead atoms. The van der Waals surface area contributed by atoms with E-state index in [0.717, 1.165) is 16.8 Å². The maximum absolute atomic E-state index is 9.46. The first-order valence-corrected chi connectivity index (χ1v) is 6.11. The molecule has 2 N–H and O–H groups in total. The van der Waals surface area contributed by atoms with E-state index in [1.807, 2.05) is 32.0 Å². The molecule has 3 nitrogen and oxygen atoms in total. The third-order valence-corrected chi connectivity index (χ3v) is 3.03. The average molecular weight is 263 g/mol. The minimum absolute atomic E-state index is 0.0822. The molecule has 1 heterocycles. The van der Waals surface area contributed by atoms with Crippen LogP contribution in [0.25, 0.3) is 0 Å². The summed E-state index contributed by atoms with van der Waals surface area (Å²) in [7, 11) is 0. The molecular formula is C14H15ClN2O. The Morgan fingerprint density at radius 1 is 1.33 bits per heavy atom. The summed E-state index contributed by atoms with van der Waals surface area (Å²) in [5.41, 5.74) is 3.00. The molecule has 0 spiro atoms. The number of aromatic nitrogens is 1. The highest BCUT2D eigenvalue weighted by atomic mass is 35.5. The second kappa shape index (κ2) is 5.27. The van der Waals surface area contributed by atoms with Crippen molar-refractivity contribution in [3.63, 3.8) is 0 Å². The quantitative estimate of drug-likeness (QED) is 0.824. The lowest BCUT2D eigenvalue weighted by molar-refractivity contribution is 0.474. The Balaban J connectivity index is 2.18. The van der Waals surface area contributed by atoms with E-state index in [9.17, 15) is 5.11 Å². The molecule has 0 amide bonds. The van der Waals surface area contributed by atoms with Crippen LogP contribution in [0.1, 0.15) is 24.1 Å². The summed E-state index contributed by atoms with van der Waals surface area (Å²) in [6, 6.07) is 9.10. The van der Waals surface area contributed by atoms with Gasteiger partial charge in [0, 0.05) is 6.04 Å². The molecule has 1 aromatic carbocycles. The van der Waals surface area contributed by atoms with Crippen LogP contribution in [0.3, 0.4) is 0 Å². The third-order valence-electron chi connectivity index (χ3n) is 2.82. The fraction of sp³-hybridized carbons (Fsp3) is 0.214. The maximum atomic E-state index is 9.46. The van der Waals surface area contributed by atoms with Gasteiger partial charge in [0.2, 0.25) is 0 Å². The molecule has 94 valence electrons. The molecule has 0 radical (unpaired) electrons. The number of phenols is 1. The van der Waals surface area contributed by atoms with E-state index in [0.29, 0.717) is 5.15 Å². The normalized spacial score (nSPS) is 12.2. The van der Waals surface area contributed by atoms with Crippen LogP contribution in [-0.4, -0.2) is 10.1 Å². The van der Waals surface area contributed by atoms with Crippen molar-refractivity contribution in [1.82, 2.24) is 4.98 Å². The Morgan fingerprint density at radius 3 is 2.78 bits per heavy atom. The van der Waals surface area contributed by atoms with Gasteiger partial charge in [0.1, 0.15) is 10.9 Å². The van der Waals surface area contributed by atoms with Gasteiger partial charge in [-0.1, -0.05) is 23.7 Å². The van der Waals surface area contributed by atoms with Crippen LogP contribution in [0.15, 0.2) is 36.5 Å². The predicted molar refractivity (Wildman–Crippen MR) is 74.1 cm³/mol. The van der Waals surface area contributed by atoms with Crippen LogP contribution < -0.4 is 5.32 Å². The number of nitrogens with zero attached hydrogens (tertiary/aromatic N) is 1. The summed E-state index contributed by atoms with van der Waals surface area (Å²) in [5.74, 6) is 0.270. The highest BCUT2D eigenvalue weighted by molar-refractivity contribution is 6.29. The molecular weight excluding hydrogens is 248 g/mol. The van der Waals surface area contributed by atoms with Crippen LogP contribution in [0.4, 0.5) is 5.69 Å². The zero-order valence-corrected chi connectivity index (χ0v) is 11.1. The van der Waals surface area contributed by atoms with Gasteiger partial charge in [0.25, 0.3) is 0 Å². The molecule has 18 heavy (non-hydrogen) atoms. The van der Waals surface area contributed by atoms with Gasteiger partial charge in [-0.05, 0) is 43.2 Å². The van der Waals surface area contributed by atoms with E-state index in [2.05, 4.69) is 10.3 Å². The van der Waals surface area contributed by atoms with Crippen molar-refractivity contribution in [2.45, 2.75) is 19.9 Å². The monoisotopic (exact) mass is 262 g/mol. The Kier molecular flexibility index (Phi) is 3.72. The number of pyridine rings is 1. The molecule has 1 unspecified atom stereocenters. The predicted octanol–water partition coefficient (Wildman–Crippen LogP) is 3.92. The first-order chi connectivity index (χ1) is 8.56. The number of nitrogens with one attached hydrogen (secondary N) is 1. The van der Waals surface area contributed by atoms with Crippen molar-refractivity contribution >= 4 is 17.3 Å². The van der Waals surface area contributed by atoms with E-state index >= 15 is 0 Å². The van der Waals surface area contributed by atoms with E-state index in [1.54, 1.807) is 18.3 Å². The number of rotatable bonds is 3. The fourth-order valence-electron chi connectivity index (χ4n) is 1.78. The van der Waals surface area contributed by atoms with Crippen LogP contribution in [0, 0.1) is 6.92 Å². The Morgan fingerprint density at radius 2 is 2.11 bits per heavy atom. The number of hydrogen-bond acceptors (Lipinski definition) is 3. The number of anilines is 1. The van der Waals surface area contributed by atoms with Gasteiger partial charge < -0.3 is 10.4 Å². The molecule has 4 heteroatoms. The van der Waals surface area contributed by atoms with Gasteiger partial charge in [0.15, 0.2) is 0 Å². The number of hydrogen-bond donors (Lipinski definition) is 2. The maximum Gasteiger partial charge on any atom is 0.129 e. The zero-order valence-electron chi connectivity index (χ0n) is 10.3. The van der Waals surface area contributed by atoms with Gasteiger partial charge in [0.05, 0.1) is 11.9 Å². The van der Waals surface area contributed by atoms with Crippen LogP contribution >= 0.6 is 11.6 Å². The summed E-state index contributed by atoms with van der Waals surface area (Å²) < 4.78 is 0. The molecule has 0 fully saturated rings. The number of aromatic hydroxyl groups is 1. The summed E-state index contributed by atoms with van der Waals surface area (Å²) in [6.45, 7) is 4.01. The first-order valence-electron chi connectivity index (χ1n) is 5.74. The average Bonchev–Trinajstić information content (AvgIpc) is 2.32. The van der Waals surface area contributed by atoms with Crippen molar-refractivity contribution in [2.24, 2.45) is 0 Å². The van der Waals surface area contributed by atoms with Crippen molar-refractivity contribution in [3.05, 3.63) is 52.8 Å². The topological polar surface area (TPSA) is 45.2 Å². The van der Waals surface area contributed by atoms with Gasteiger partial charge in [-0.3, -0.25) is 0 Å². The number of aryl methyl sites for hydroxylation is 1. The summed E-state index contributed by atoms with van der Waals surface area (Å²) >= 11 is 5.82. The number of benzene rings is 1. The lowest BCUT2D eigenvalue weighted by Gasteiger charge is -2.17. The molecule has 0 saturated heterocycles. The first kappa shape index (κ1) is 12.7. The Labute approximate surface area is 111 Å². The van der Waals surface area contributed by atoms with Gasteiger partial charge in [-0.2, -0.15) is 0 Å². The molecule has 2 rings (SSSR count). The third kappa shape index (κ3) is 2.93. The lowest BCUT2D eigenvalue weighted by atomic mass is 10.1. The second-order valence-electron chi connectivity index (χ2n) is 4.28. The van der Waals surface area contributed by atoms with Crippen molar-refractivity contribution in [2.75, 3.05) is 5.32 Å². The largest absolute Gasteiger partial charge is 0.508 e. The highest BCUT2D eigenvalue weighted by Crippen LogP contribution is 2.24. The van der Waals surface area contributed by atoms with Crippen LogP contribution in [0.2, 0.25) is 5.15 Å². The SMILES string of the molecule is Cc1cc(Cl)ncc1NC(C)c1cccc(O)c1. The molecule has 0 aliphatic heterocycles. The smallest absolute Gasteiger partial charge is 0.129 e. The van der Waals surface area contributed by atoms with E-state index in [4.69, 9.17) is 11.6 Å². The Bertz CT molecular complexity index is 557. The van der Waals surface area contributed by atoms with Crippen LogP contribution in [0.5, 0.6) is 5.75 Å². The van der Waals surface area contributed by atoms with Crippen molar-refractivity contribution < 1.29 is 5.11 Å². The molecule has 0 aliphatic carbocycles. The van der Waals surface area contributed by atoms with Gasteiger partial charge in [-0.25, -0.2) is 4.98 Å². The van der Waals surface area contributed by atoms with Gasteiger partial charge >= 0.3 is 0 Å². The molecule has 0 saturated carbocycles. The molecule has 2 aromatic rings. The lowest BCUT2D eigenvalue weighted by Crippen LogP contribution is -2.07. The highest BCUT2D eigenvalue weighted by Gasteiger charge is 2.08. The molecule has 1 aromatic heterocycles. The van der Waals surface area contributed by atoms with E-state index < -0.39 is 0 Å². The Hall–Kier alpha value is -1.74. The minimum atomic E-state index is 0.0822. The molecule has 0 aliphatic rings. The number of halogens is 1. The fourth-order valence-corrected chi connectivity index (χ4v) is 2.00. The summed E-state index contributed by atoms with van der Waals surface area (Å²) in [6.07, 6.45) is 1.72. The van der Waals surface area contributed by atoms with E-state index in [-0.39, 0.29) is 11.8 Å². The minimum Gasteiger partial charge on any atom is -0.508 e. The van der Waals surface area contributed by atoms with Gasteiger partial charge in [-0.15, -0.1) is 0 Å². The van der Waals surface area contributed by atoms with Crippen LogP contribution in [-0.2, 0) is 0 Å². The van der Waals surface area contributed by atoms with Crippen molar-refractivity contribution in [3.8, 4) is 5.75 Å². The zero-order chi connectivity index (χ0) is 13.1. The summed E-state index contributed by atoms with van der Waals surface area (Å²) in [4.78, 5) is 4.06. The molecule has 1 atom stereocenters.